The SMILES string of the molecule is CCn1cc(CNC(=O)c2ccc(C#N)nc2)cn1. The van der Waals surface area contributed by atoms with Crippen LogP contribution in [-0.4, -0.2) is 20.7 Å². The Morgan fingerprint density at radius 2 is 2.32 bits per heavy atom. The minimum atomic E-state index is -0.221. The van der Waals surface area contributed by atoms with Gasteiger partial charge in [-0.25, -0.2) is 4.98 Å². The Kier molecular flexibility index (Phi) is 3.88. The molecule has 2 aromatic rings. The fourth-order valence-corrected chi connectivity index (χ4v) is 1.55. The topological polar surface area (TPSA) is 83.6 Å². The number of amides is 1. The smallest absolute Gasteiger partial charge is 0.253 e. The van der Waals surface area contributed by atoms with Gasteiger partial charge in [0.05, 0.1) is 11.8 Å². The molecule has 0 fully saturated rings. The van der Waals surface area contributed by atoms with Crippen LogP contribution < -0.4 is 5.32 Å². The minimum absolute atomic E-state index is 0.221. The fraction of sp³-hybridized carbons (Fsp3) is 0.231. The van der Waals surface area contributed by atoms with E-state index in [2.05, 4.69) is 15.4 Å². The number of carbonyl (C=O) groups excluding carboxylic acids is 1. The van der Waals surface area contributed by atoms with Gasteiger partial charge in [0, 0.05) is 31.0 Å². The van der Waals surface area contributed by atoms with Crippen molar-refractivity contribution in [1.82, 2.24) is 20.1 Å². The van der Waals surface area contributed by atoms with Crippen LogP contribution in [0.3, 0.4) is 0 Å². The van der Waals surface area contributed by atoms with Crippen molar-refractivity contribution in [2.24, 2.45) is 0 Å². The van der Waals surface area contributed by atoms with Crippen LogP contribution in [0.4, 0.5) is 0 Å². The van der Waals surface area contributed by atoms with Gasteiger partial charge in [0.2, 0.25) is 0 Å². The van der Waals surface area contributed by atoms with Crippen LogP contribution >= 0.6 is 0 Å². The van der Waals surface area contributed by atoms with Crippen molar-refractivity contribution in [2.45, 2.75) is 20.0 Å². The molecule has 2 rings (SSSR count). The summed E-state index contributed by atoms with van der Waals surface area (Å²) in [6.45, 7) is 3.21. The fourth-order valence-electron chi connectivity index (χ4n) is 1.55. The van der Waals surface area contributed by atoms with E-state index in [1.807, 2.05) is 19.2 Å². The van der Waals surface area contributed by atoms with Gasteiger partial charge < -0.3 is 5.32 Å². The molecule has 96 valence electrons. The van der Waals surface area contributed by atoms with Gasteiger partial charge in [-0.1, -0.05) is 0 Å². The number of aromatic nitrogens is 3. The molecule has 1 N–H and O–H groups in total. The molecule has 0 unspecified atom stereocenters. The third kappa shape index (κ3) is 3.16. The summed E-state index contributed by atoms with van der Waals surface area (Å²) >= 11 is 0. The standard InChI is InChI=1S/C13H13N5O/c1-2-18-9-10(7-17-18)6-16-13(19)11-3-4-12(5-14)15-8-11/h3-4,7-9H,2,6H2,1H3,(H,16,19). The molecule has 0 aliphatic rings. The molecule has 19 heavy (non-hydrogen) atoms. The Hall–Kier alpha value is -2.68. The maximum atomic E-state index is 11.8. The summed E-state index contributed by atoms with van der Waals surface area (Å²) in [5.74, 6) is -0.221. The summed E-state index contributed by atoms with van der Waals surface area (Å²) in [6.07, 6.45) is 5.00. The van der Waals surface area contributed by atoms with E-state index in [4.69, 9.17) is 5.26 Å². The number of pyridine rings is 1. The van der Waals surface area contributed by atoms with Crippen LogP contribution in [0.5, 0.6) is 0 Å². The Morgan fingerprint density at radius 1 is 1.47 bits per heavy atom. The maximum Gasteiger partial charge on any atom is 0.253 e. The zero-order valence-corrected chi connectivity index (χ0v) is 10.5. The van der Waals surface area contributed by atoms with Gasteiger partial charge in [0.15, 0.2) is 0 Å². The molecule has 0 aromatic carbocycles. The van der Waals surface area contributed by atoms with Crippen molar-refractivity contribution in [3.05, 3.63) is 47.5 Å². The highest BCUT2D eigenvalue weighted by Gasteiger charge is 2.06. The first-order valence-electron chi connectivity index (χ1n) is 5.88. The molecule has 0 saturated carbocycles. The van der Waals surface area contributed by atoms with Crippen LogP contribution in [-0.2, 0) is 13.1 Å². The minimum Gasteiger partial charge on any atom is -0.348 e. The molecular formula is C13H13N5O. The summed E-state index contributed by atoms with van der Waals surface area (Å²) in [4.78, 5) is 15.7. The van der Waals surface area contributed by atoms with Crippen LogP contribution in [0, 0.1) is 11.3 Å². The van der Waals surface area contributed by atoms with Crippen LogP contribution in [0.2, 0.25) is 0 Å². The van der Waals surface area contributed by atoms with Gasteiger partial charge in [-0.3, -0.25) is 9.48 Å². The normalized spacial score (nSPS) is 9.89. The average Bonchev–Trinajstić information content (AvgIpc) is 2.93. The number of nitrogens with one attached hydrogen (secondary N) is 1. The second kappa shape index (κ2) is 5.78. The van der Waals surface area contributed by atoms with Gasteiger partial charge in [0.25, 0.3) is 5.91 Å². The number of nitriles is 1. The summed E-state index contributed by atoms with van der Waals surface area (Å²) in [5.41, 5.74) is 1.67. The van der Waals surface area contributed by atoms with E-state index in [-0.39, 0.29) is 5.91 Å². The van der Waals surface area contributed by atoms with Gasteiger partial charge >= 0.3 is 0 Å². The van der Waals surface area contributed by atoms with Crippen molar-refractivity contribution in [1.29, 1.82) is 5.26 Å². The number of rotatable bonds is 4. The highest BCUT2D eigenvalue weighted by Crippen LogP contribution is 2.01. The van der Waals surface area contributed by atoms with Crippen molar-refractivity contribution in [3.63, 3.8) is 0 Å². The Morgan fingerprint density at radius 3 is 2.89 bits per heavy atom. The van der Waals surface area contributed by atoms with E-state index >= 15 is 0 Å². The first-order valence-corrected chi connectivity index (χ1v) is 5.88. The molecule has 0 aliphatic carbocycles. The predicted molar refractivity (Wildman–Crippen MR) is 68.0 cm³/mol. The summed E-state index contributed by atoms with van der Waals surface area (Å²) < 4.78 is 1.80. The Balaban J connectivity index is 1.95. The number of nitrogens with zero attached hydrogens (tertiary/aromatic N) is 4. The van der Waals surface area contributed by atoms with Crippen molar-refractivity contribution in [2.75, 3.05) is 0 Å². The van der Waals surface area contributed by atoms with E-state index in [9.17, 15) is 4.79 Å². The average molecular weight is 255 g/mol. The third-order valence-electron chi connectivity index (χ3n) is 2.60. The number of aryl methyl sites for hydroxylation is 1. The molecule has 2 aromatic heterocycles. The molecule has 1 amide bonds. The van der Waals surface area contributed by atoms with Crippen molar-refractivity contribution in [3.8, 4) is 6.07 Å². The lowest BCUT2D eigenvalue weighted by molar-refractivity contribution is 0.0950. The first-order chi connectivity index (χ1) is 9.22. The van der Waals surface area contributed by atoms with Crippen LogP contribution in [0.1, 0.15) is 28.5 Å². The zero-order chi connectivity index (χ0) is 13.7. The van der Waals surface area contributed by atoms with Crippen molar-refractivity contribution < 1.29 is 4.79 Å². The summed E-state index contributed by atoms with van der Waals surface area (Å²) in [7, 11) is 0. The molecule has 0 saturated heterocycles. The molecule has 0 bridgehead atoms. The Labute approximate surface area is 110 Å². The Bertz CT molecular complexity index is 609. The summed E-state index contributed by atoms with van der Waals surface area (Å²) in [6, 6.07) is 5.00. The monoisotopic (exact) mass is 255 g/mol. The molecule has 0 atom stereocenters. The number of carbonyl (C=O) groups is 1. The number of hydrogen-bond acceptors (Lipinski definition) is 4. The number of hydrogen-bond donors (Lipinski definition) is 1. The van der Waals surface area contributed by atoms with E-state index in [1.54, 1.807) is 16.9 Å². The zero-order valence-electron chi connectivity index (χ0n) is 10.5. The molecule has 0 radical (unpaired) electrons. The van der Waals surface area contributed by atoms with E-state index in [0.717, 1.165) is 12.1 Å². The highest BCUT2D eigenvalue weighted by atomic mass is 16.1. The second-order valence-corrected chi connectivity index (χ2v) is 3.93. The summed E-state index contributed by atoms with van der Waals surface area (Å²) in [5, 5.41) is 15.5. The molecule has 0 aliphatic heterocycles. The van der Waals surface area contributed by atoms with Crippen LogP contribution in [0.25, 0.3) is 0 Å². The van der Waals surface area contributed by atoms with Crippen LogP contribution in [0.15, 0.2) is 30.7 Å². The quantitative estimate of drug-likeness (QED) is 0.886. The lowest BCUT2D eigenvalue weighted by Gasteiger charge is -2.03. The molecular weight excluding hydrogens is 242 g/mol. The molecule has 2 heterocycles. The first kappa shape index (κ1) is 12.8. The third-order valence-corrected chi connectivity index (χ3v) is 2.60. The lowest BCUT2D eigenvalue weighted by atomic mass is 10.2. The molecule has 0 spiro atoms. The van der Waals surface area contributed by atoms with Crippen molar-refractivity contribution >= 4 is 5.91 Å². The molecule has 6 heteroatoms. The second-order valence-electron chi connectivity index (χ2n) is 3.93. The van der Waals surface area contributed by atoms with E-state index < -0.39 is 0 Å². The van der Waals surface area contributed by atoms with Gasteiger partial charge in [0.1, 0.15) is 11.8 Å². The predicted octanol–water partition coefficient (Wildman–Crippen LogP) is 1.10. The highest BCUT2D eigenvalue weighted by molar-refractivity contribution is 5.93. The van der Waals surface area contributed by atoms with Gasteiger partial charge in [-0.05, 0) is 19.1 Å². The largest absolute Gasteiger partial charge is 0.348 e. The van der Waals surface area contributed by atoms with Gasteiger partial charge in [-0.15, -0.1) is 0 Å². The van der Waals surface area contributed by atoms with Gasteiger partial charge in [-0.2, -0.15) is 10.4 Å². The molecule has 6 nitrogen and oxygen atoms in total. The van der Waals surface area contributed by atoms with E-state index in [0.29, 0.717) is 17.8 Å². The maximum absolute atomic E-state index is 11.8. The van der Waals surface area contributed by atoms with E-state index in [1.165, 1.54) is 12.3 Å². The lowest BCUT2D eigenvalue weighted by Crippen LogP contribution is -2.22.